The van der Waals surface area contributed by atoms with Crippen molar-refractivity contribution in [2.24, 2.45) is 5.73 Å². The van der Waals surface area contributed by atoms with Gasteiger partial charge in [0.1, 0.15) is 6.10 Å². The third-order valence-corrected chi connectivity index (χ3v) is 4.26. The van der Waals surface area contributed by atoms with E-state index in [0.29, 0.717) is 6.54 Å². The maximum atomic E-state index is 11.6. The number of hydrogen-bond acceptors (Lipinski definition) is 4. The molecule has 1 amide bonds. The number of rotatable bonds is 5. The minimum absolute atomic E-state index is 0.136. The number of carbonyl (C=O) groups is 1. The lowest BCUT2D eigenvalue weighted by Gasteiger charge is -2.12. The Morgan fingerprint density at radius 3 is 3.12 bits per heavy atom. The van der Waals surface area contributed by atoms with Crippen molar-refractivity contribution < 1.29 is 9.53 Å². The van der Waals surface area contributed by atoms with Gasteiger partial charge in [-0.2, -0.15) is 0 Å². The number of nitrogens with two attached hydrogens (primary N) is 1. The highest BCUT2D eigenvalue weighted by Crippen LogP contribution is 2.30. The van der Waals surface area contributed by atoms with Crippen LogP contribution in [0.1, 0.15) is 21.7 Å². The van der Waals surface area contributed by atoms with Crippen LogP contribution in [0.15, 0.2) is 6.07 Å². The lowest BCUT2D eigenvalue weighted by atomic mass is 10.2. The maximum Gasteiger partial charge on any atom is 0.250 e. The molecule has 0 saturated carbocycles. The average molecular weight is 254 g/mol. The number of fused-ring (bicyclic) bond motifs is 1. The van der Waals surface area contributed by atoms with Crippen molar-refractivity contribution in [3.63, 3.8) is 0 Å². The van der Waals surface area contributed by atoms with Gasteiger partial charge in [-0.25, -0.2) is 0 Å². The second-order valence-electron chi connectivity index (χ2n) is 4.19. The first-order valence-electron chi connectivity index (χ1n) is 5.85. The summed E-state index contributed by atoms with van der Waals surface area (Å²) in [6.45, 7) is 0.791. The van der Waals surface area contributed by atoms with E-state index >= 15 is 0 Å². The highest BCUT2D eigenvalue weighted by molar-refractivity contribution is 7.12. The zero-order chi connectivity index (χ0) is 12.3. The molecular formula is C12H18N2O2S. The summed E-state index contributed by atoms with van der Waals surface area (Å²) in [6.07, 6.45) is 3.11. The fourth-order valence-electron chi connectivity index (χ4n) is 2.08. The van der Waals surface area contributed by atoms with Crippen LogP contribution in [0.25, 0.3) is 0 Å². The zero-order valence-corrected chi connectivity index (χ0v) is 10.8. The molecule has 0 saturated heterocycles. The molecule has 0 aliphatic heterocycles. The van der Waals surface area contributed by atoms with Crippen LogP contribution >= 0.6 is 11.3 Å². The van der Waals surface area contributed by atoms with E-state index in [1.165, 1.54) is 41.7 Å². The molecular weight excluding hydrogens is 236 g/mol. The first-order valence-corrected chi connectivity index (χ1v) is 6.67. The highest BCUT2D eigenvalue weighted by Gasteiger charge is 2.17. The molecule has 1 aliphatic carbocycles. The Hall–Kier alpha value is -0.910. The largest absolute Gasteiger partial charge is 0.370 e. The van der Waals surface area contributed by atoms with Crippen LogP contribution in [0.3, 0.4) is 0 Å². The molecule has 0 aromatic carbocycles. The Morgan fingerprint density at radius 2 is 2.47 bits per heavy atom. The number of methoxy groups -OCH3 is 1. The van der Waals surface area contributed by atoms with Crippen LogP contribution in [0.5, 0.6) is 0 Å². The lowest BCUT2D eigenvalue weighted by Crippen LogP contribution is -2.40. The van der Waals surface area contributed by atoms with Gasteiger partial charge >= 0.3 is 0 Å². The number of hydrogen-bond donors (Lipinski definition) is 2. The molecule has 1 atom stereocenters. The summed E-state index contributed by atoms with van der Waals surface area (Å²) < 4.78 is 4.98. The molecule has 0 fully saturated rings. The Labute approximate surface area is 105 Å². The van der Waals surface area contributed by atoms with E-state index in [9.17, 15) is 4.79 Å². The van der Waals surface area contributed by atoms with Crippen molar-refractivity contribution in [3.05, 3.63) is 21.4 Å². The van der Waals surface area contributed by atoms with Crippen molar-refractivity contribution in [3.8, 4) is 0 Å². The fraction of sp³-hybridized carbons (Fsp3) is 0.583. The molecule has 2 rings (SSSR count). The standard InChI is InChI=1S/C12H18N2O2S/c1-16-10(6-13)12(15)14-7-9-5-8-3-2-4-11(8)17-9/h5,10H,2-4,6-7,13H2,1H3,(H,14,15). The normalized spacial score (nSPS) is 15.6. The number of carbonyl (C=O) groups excluding carboxylic acids is 1. The van der Waals surface area contributed by atoms with Gasteiger partial charge in [0, 0.05) is 23.4 Å². The zero-order valence-electron chi connectivity index (χ0n) is 9.99. The molecule has 0 bridgehead atoms. The van der Waals surface area contributed by atoms with E-state index in [0.717, 1.165) is 0 Å². The lowest BCUT2D eigenvalue weighted by molar-refractivity contribution is -0.130. The second-order valence-corrected chi connectivity index (χ2v) is 5.41. The molecule has 94 valence electrons. The van der Waals surface area contributed by atoms with Gasteiger partial charge in [-0.3, -0.25) is 4.79 Å². The molecule has 1 heterocycles. The van der Waals surface area contributed by atoms with Gasteiger partial charge < -0.3 is 15.8 Å². The summed E-state index contributed by atoms with van der Waals surface area (Å²) >= 11 is 1.80. The first-order chi connectivity index (χ1) is 8.24. The number of ether oxygens (including phenoxy) is 1. The topological polar surface area (TPSA) is 64.3 Å². The summed E-state index contributed by atoms with van der Waals surface area (Å²) in [5.41, 5.74) is 6.89. The molecule has 17 heavy (non-hydrogen) atoms. The van der Waals surface area contributed by atoms with Crippen molar-refractivity contribution in [2.45, 2.75) is 31.9 Å². The number of thiophene rings is 1. The Kier molecular flexibility index (Phi) is 4.15. The molecule has 0 radical (unpaired) electrons. The van der Waals surface area contributed by atoms with Crippen LogP contribution in [-0.4, -0.2) is 25.7 Å². The molecule has 3 N–H and O–H groups in total. The van der Waals surface area contributed by atoms with Crippen molar-refractivity contribution in [1.29, 1.82) is 0 Å². The number of amides is 1. The molecule has 5 heteroatoms. The van der Waals surface area contributed by atoms with Crippen molar-refractivity contribution in [2.75, 3.05) is 13.7 Å². The predicted molar refractivity (Wildman–Crippen MR) is 68.0 cm³/mol. The van der Waals surface area contributed by atoms with Crippen LogP contribution in [0.2, 0.25) is 0 Å². The van der Waals surface area contributed by atoms with Crippen LogP contribution < -0.4 is 11.1 Å². The van der Waals surface area contributed by atoms with Gasteiger partial charge in [-0.05, 0) is 30.9 Å². The predicted octanol–water partition coefficient (Wildman–Crippen LogP) is 0.827. The molecule has 0 spiro atoms. The fourth-order valence-corrected chi connectivity index (χ4v) is 3.28. The smallest absolute Gasteiger partial charge is 0.250 e. The van der Waals surface area contributed by atoms with E-state index in [2.05, 4.69) is 11.4 Å². The SMILES string of the molecule is COC(CN)C(=O)NCc1cc2c(s1)CCC2. The summed E-state index contributed by atoms with van der Waals surface area (Å²) in [4.78, 5) is 14.3. The third-order valence-electron chi connectivity index (χ3n) is 3.03. The molecule has 1 aliphatic rings. The highest BCUT2D eigenvalue weighted by atomic mass is 32.1. The second kappa shape index (κ2) is 5.62. The summed E-state index contributed by atoms with van der Waals surface area (Å²) in [7, 11) is 1.50. The number of aryl methyl sites for hydroxylation is 2. The summed E-state index contributed by atoms with van der Waals surface area (Å²) in [5, 5.41) is 2.86. The van der Waals surface area contributed by atoms with Gasteiger partial charge in [-0.15, -0.1) is 11.3 Å². The molecule has 1 aromatic rings. The van der Waals surface area contributed by atoms with Crippen molar-refractivity contribution in [1.82, 2.24) is 5.32 Å². The van der Waals surface area contributed by atoms with E-state index in [1.807, 2.05) is 0 Å². The monoisotopic (exact) mass is 254 g/mol. The van der Waals surface area contributed by atoms with Crippen LogP contribution in [0, 0.1) is 0 Å². The third kappa shape index (κ3) is 2.86. The van der Waals surface area contributed by atoms with Gasteiger partial charge in [0.25, 0.3) is 5.91 Å². The van der Waals surface area contributed by atoms with Crippen molar-refractivity contribution >= 4 is 17.2 Å². The minimum Gasteiger partial charge on any atom is -0.370 e. The van der Waals surface area contributed by atoms with Gasteiger partial charge in [0.2, 0.25) is 0 Å². The summed E-state index contributed by atoms with van der Waals surface area (Å²) in [6, 6.07) is 2.21. The quantitative estimate of drug-likeness (QED) is 0.818. The van der Waals surface area contributed by atoms with Gasteiger partial charge in [-0.1, -0.05) is 0 Å². The van der Waals surface area contributed by atoms with Crippen LogP contribution in [0.4, 0.5) is 0 Å². The van der Waals surface area contributed by atoms with E-state index in [1.54, 1.807) is 11.3 Å². The first kappa shape index (κ1) is 12.5. The Balaban J connectivity index is 1.87. The van der Waals surface area contributed by atoms with E-state index < -0.39 is 6.10 Å². The summed E-state index contributed by atoms with van der Waals surface area (Å²) in [5.74, 6) is -0.136. The average Bonchev–Trinajstić information content (AvgIpc) is 2.88. The Morgan fingerprint density at radius 1 is 1.65 bits per heavy atom. The maximum absolute atomic E-state index is 11.6. The van der Waals surface area contributed by atoms with E-state index in [4.69, 9.17) is 10.5 Å². The Bertz CT molecular complexity index is 378. The molecule has 4 nitrogen and oxygen atoms in total. The number of nitrogens with one attached hydrogen (secondary N) is 1. The van der Waals surface area contributed by atoms with Gasteiger partial charge in [0.15, 0.2) is 0 Å². The van der Waals surface area contributed by atoms with E-state index in [-0.39, 0.29) is 12.5 Å². The molecule has 1 aromatic heterocycles. The van der Waals surface area contributed by atoms with Gasteiger partial charge in [0.05, 0.1) is 6.54 Å². The minimum atomic E-state index is -0.540. The molecule has 1 unspecified atom stereocenters. The van der Waals surface area contributed by atoms with Crippen LogP contribution in [-0.2, 0) is 28.9 Å².